The Kier molecular flexibility index (Phi) is 10.3. The van der Waals surface area contributed by atoms with Gasteiger partial charge in [-0.3, -0.25) is 9.59 Å². The molecule has 6 rings (SSSR count). The fraction of sp³-hybridized carbons (Fsp3) is 0.462. The van der Waals surface area contributed by atoms with Crippen molar-refractivity contribution in [3.63, 3.8) is 0 Å². The third kappa shape index (κ3) is 7.56. The number of pyridine rings is 1. The molecule has 3 aromatic rings. The Bertz CT molecular complexity index is 1810. The van der Waals surface area contributed by atoms with Gasteiger partial charge >= 0.3 is 12.1 Å². The van der Waals surface area contributed by atoms with Crippen LogP contribution in [-0.4, -0.2) is 101 Å². The number of hydrogen-bond donors (Lipinski definition) is 3. The number of rotatable bonds is 7. The van der Waals surface area contributed by atoms with Gasteiger partial charge in [-0.25, -0.2) is 14.6 Å². The number of cyclic esters (lactones) is 1. The van der Waals surface area contributed by atoms with Crippen LogP contribution < -0.4 is 15.4 Å². The molecule has 4 bridgehead atoms. The van der Waals surface area contributed by atoms with Crippen LogP contribution in [0.4, 0.5) is 4.79 Å². The number of fused-ring (bicyclic) bond motifs is 3. The highest BCUT2D eigenvalue weighted by Crippen LogP contribution is 2.45. The summed E-state index contributed by atoms with van der Waals surface area (Å²) in [6.45, 7) is 7.51. The number of hydrogen-bond acceptors (Lipinski definition) is 8. The second-order valence-electron chi connectivity index (χ2n) is 14.5. The van der Waals surface area contributed by atoms with E-state index in [0.717, 1.165) is 47.0 Å². The molecule has 1 unspecified atom stereocenters. The number of amides is 3. The molecule has 51 heavy (non-hydrogen) atoms. The van der Waals surface area contributed by atoms with E-state index in [1.807, 2.05) is 61.5 Å². The first-order valence-corrected chi connectivity index (χ1v) is 17.6. The number of alkyl carbamates (subject to hydrolysis) is 1. The first-order chi connectivity index (χ1) is 24.4. The molecule has 1 saturated carbocycles. The highest BCUT2D eigenvalue weighted by molar-refractivity contribution is 5.96. The van der Waals surface area contributed by atoms with Crippen molar-refractivity contribution in [1.82, 2.24) is 25.4 Å². The van der Waals surface area contributed by atoms with Gasteiger partial charge in [0, 0.05) is 35.4 Å². The molecule has 270 valence electrons. The van der Waals surface area contributed by atoms with Crippen molar-refractivity contribution >= 4 is 34.8 Å². The minimum atomic E-state index is -1.48. The third-order valence-electron chi connectivity index (χ3n) is 10.4. The summed E-state index contributed by atoms with van der Waals surface area (Å²) in [7, 11) is 3.88. The fourth-order valence-electron chi connectivity index (χ4n) is 7.19. The summed E-state index contributed by atoms with van der Waals surface area (Å²) >= 11 is 0. The van der Waals surface area contributed by atoms with E-state index in [1.165, 1.54) is 11.0 Å². The van der Waals surface area contributed by atoms with Crippen molar-refractivity contribution in [2.24, 2.45) is 11.8 Å². The molecule has 3 heterocycles. The van der Waals surface area contributed by atoms with Crippen molar-refractivity contribution < 1.29 is 33.8 Å². The molecule has 12 nitrogen and oxygen atoms in total. The summed E-state index contributed by atoms with van der Waals surface area (Å²) in [5.74, 6) is -2.44. The van der Waals surface area contributed by atoms with Crippen LogP contribution in [0.3, 0.4) is 0 Å². The summed E-state index contributed by atoms with van der Waals surface area (Å²) in [6.07, 6.45) is 2.89. The Labute approximate surface area is 298 Å². The largest absolute Gasteiger partial charge is 0.488 e. The predicted octanol–water partition coefficient (Wildman–Crippen LogP) is 4.41. The SMILES string of the molecule is C=C[C@H]1C[C@]1(NC(=O)[C@@H]1C[C@@H]2CN1C(=O)[C@H](C(C)C)NC(=O)OCC(N(C)C)CCCc1ccc3nc(-c4ccccc4)cc(c3c1)O2)C(=O)O. The maximum Gasteiger partial charge on any atom is 0.407 e. The van der Waals surface area contributed by atoms with Crippen LogP contribution in [0, 0.1) is 11.8 Å². The first kappa shape index (κ1) is 35.8. The average molecular weight is 698 g/mol. The molecule has 2 aliphatic heterocycles. The Morgan fingerprint density at radius 1 is 1.16 bits per heavy atom. The van der Waals surface area contributed by atoms with E-state index in [4.69, 9.17) is 14.5 Å². The second kappa shape index (κ2) is 14.7. The molecule has 0 radical (unpaired) electrons. The monoisotopic (exact) mass is 697 g/mol. The lowest BCUT2D eigenvalue weighted by atomic mass is 10.0. The molecule has 1 aliphatic carbocycles. The van der Waals surface area contributed by atoms with E-state index >= 15 is 0 Å². The molecule has 3 aliphatic rings. The minimum Gasteiger partial charge on any atom is -0.488 e. The Morgan fingerprint density at radius 2 is 1.92 bits per heavy atom. The number of benzene rings is 2. The molecular weight excluding hydrogens is 650 g/mol. The highest BCUT2D eigenvalue weighted by atomic mass is 16.5. The Hall–Kier alpha value is -4.97. The van der Waals surface area contributed by atoms with Gasteiger partial charge in [0.25, 0.3) is 0 Å². The van der Waals surface area contributed by atoms with Crippen molar-refractivity contribution in [1.29, 1.82) is 0 Å². The van der Waals surface area contributed by atoms with E-state index < -0.39 is 53.5 Å². The number of nitrogens with one attached hydrogen (secondary N) is 2. The number of nitrogens with zero attached hydrogens (tertiary/aromatic N) is 3. The first-order valence-electron chi connectivity index (χ1n) is 17.6. The van der Waals surface area contributed by atoms with Gasteiger partial charge in [0.1, 0.15) is 36.1 Å². The highest BCUT2D eigenvalue weighted by Gasteiger charge is 2.61. The van der Waals surface area contributed by atoms with Gasteiger partial charge in [0.05, 0.1) is 17.8 Å². The van der Waals surface area contributed by atoms with Crippen LogP contribution in [-0.2, 0) is 25.5 Å². The molecule has 2 fully saturated rings. The third-order valence-corrected chi connectivity index (χ3v) is 10.4. The molecule has 2 aromatic carbocycles. The molecule has 6 atom stereocenters. The van der Waals surface area contributed by atoms with Gasteiger partial charge in [0.2, 0.25) is 11.8 Å². The normalized spacial score (nSPS) is 26.9. The molecular formula is C39H47N5O7. The van der Waals surface area contributed by atoms with Crippen LogP contribution in [0.1, 0.15) is 45.1 Å². The molecule has 0 spiro atoms. The summed E-state index contributed by atoms with van der Waals surface area (Å²) in [4.78, 5) is 62.2. The number of carboxylic acids is 1. The number of likely N-dealkylation sites (N-methyl/N-ethyl adjacent to an activating group) is 1. The van der Waals surface area contributed by atoms with E-state index in [9.17, 15) is 24.3 Å². The summed E-state index contributed by atoms with van der Waals surface area (Å²) in [6, 6.07) is 15.7. The number of carboxylic acid groups (broad SMARTS) is 1. The molecule has 12 heteroatoms. The number of aryl methyl sites for hydroxylation is 1. The maximum atomic E-state index is 14.3. The van der Waals surface area contributed by atoms with E-state index in [-0.39, 0.29) is 38.0 Å². The van der Waals surface area contributed by atoms with Crippen LogP contribution >= 0.6 is 0 Å². The van der Waals surface area contributed by atoms with Crippen molar-refractivity contribution in [3.05, 3.63) is 72.8 Å². The van der Waals surface area contributed by atoms with Gasteiger partial charge in [0.15, 0.2) is 0 Å². The van der Waals surface area contributed by atoms with Crippen LogP contribution in [0.2, 0.25) is 0 Å². The van der Waals surface area contributed by atoms with E-state index in [2.05, 4.69) is 29.3 Å². The van der Waals surface area contributed by atoms with Crippen LogP contribution in [0.5, 0.6) is 5.75 Å². The minimum absolute atomic E-state index is 0.0364. The number of carbonyl (C=O) groups is 4. The summed E-state index contributed by atoms with van der Waals surface area (Å²) in [5, 5.41) is 16.3. The zero-order chi connectivity index (χ0) is 36.4. The van der Waals surface area contributed by atoms with E-state index in [1.54, 1.807) is 13.8 Å². The number of carbonyl (C=O) groups excluding carboxylic acids is 3. The molecule has 3 amide bonds. The van der Waals surface area contributed by atoms with Gasteiger partial charge < -0.3 is 35.0 Å². The number of ether oxygens (including phenoxy) is 2. The molecule has 1 aromatic heterocycles. The average Bonchev–Trinajstić information content (AvgIpc) is 3.67. The standard InChI is InChI=1S/C39H47N5O7/c1-6-26-20-39(26,37(47)48)42-35(45)32-18-28-21-44(32)36(46)34(23(2)3)41-38(49)50-22-27(43(4)5)14-10-11-24-15-16-30-29(17-24)33(51-28)19-31(40-30)25-12-8-7-9-13-25/h6-9,12-13,15-17,19,23,26-28,32,34H,1,10-11,14,18,20-22H2,2-5H3,(H,41,49)(H,42,45)(H,47,48)/t26-,27?,28+,32-,34-,39+/m0/s1. The van der Waals surface area contributed by atoms with E-state index in [0.29, 0.717) is 5.75 Å². The van der Waals surface area contributed by atoms with Gasteiger partial charge in [-0.15, -0.1) is 6.58 Å². The quantitative estimate of drug-likeness (QED) is 0.305. The lowest BCUT2D eigenvalue weighted by molar-refractivity contribution is -0.145. The van der Waals surface area contributed by atoms with Gasteiger partial charge in [-0.2, -0.15) is 0 Å². The Balaban J connectivity index is 1.41. The number of aromatic nitrogens is 1. The van der Waals surface area contributed by atoms with Gasteiger partial charge in [-0.05, 0) is 63.4 Å². The molecule has 3 N–H and O–H groups in total. The van der Waals surface area contributed by atoms with Crippen molar-refractivity contribution in [2.45, 2.75) is 75.7 Å². The predicted molar refractivity (Wildman–Crippen MR) is 192 cm³/mol. The van der Waals surface area contributed by atoms with Crippen molar-refractivity contribution in [3.8, 4) is 17.0 Å². The summed E-state index contributed by atoms with van der Waals surface area (Å²) < 4.78 is 12.4. The second-order valence-corrected chi connectivity index (χ2v) is 14.5. The van der Waals surface area contributed by atoms with Crippen LogP contribution in [0.25, 0.3) is 22.2 Å². The topological polar surface area (TPSA) is 150 Å². The number of aliphatic carboxylic acids is 1. The lowest BCUT2D eigenvalue weighted by Crippen LogP contribution is -2.57. The smallest absolute Gasteiger partial charge is 0.407 e. The molecule has 1 saturated heterocycles. The maximum absolute atomic E-state index is 14.3. The van der Waals surface area contributed by atoms with Crippen LogP contribution in [0.15, 0.2) is 67.3 Å². The fourth-order valence-corrected chi connectivity index (χ4v) is 7.19. The summed E-state index contributed by atoms with van der Waals surface area (Å²) in [5.41, 5.74) is 2.00. The zero-order valence-electron chi connectivity index (χ0n) is 29.6. The zero-order valence-corrected chi connectivity index (χ0v) is 29.6. The lowest BCUT2D eigenvalue weighted by Gasteiger charge is -2.31. The van der Waals surface area contributed by atoms with Crippen molar-refractivity contribution in [2.75, 3.05) is 27.2 Å². The van der Waals surface area contributed by atoms with Gasteiger partial charge in [-0.1, -0.05) is 56.3 Å². The Morgan fingerprint density at radius 3 is 2.59 bits per heavy atom.